The van der Waals surface area contributed by atoms with Gasteiger partial charge in [-0.3, -0.25) is 4.79 Å². The van der Waals surface area contributed by atoms with Crippen LogP contribution in [-0.2, 0) is 14.3 Å². The van der Waals surface area contributed by atoms with Crippen LogP contribution in [0.15, 0.2) is 0 Å². The molecule has 0 radical (unpaired) electrons. The van der Waals surface area contributed by atoms with E-state index in [0.717, 1.165) is 0 Å². The number of methoxy groups -OCH3 is 1. The van der Waals surface area contributed by atoms with Crippen molar-refractivity contribution in [2.24, 2.45) is 0 Å². The second kappa shape index (κ2) is 7.22. The van der Waals surface area contributed by atoms with Gasteiger partial charge in [-0.05, 0) is 27.2 Å². The summed E-state index contributed by atoms with van der Waals surface area (Å²) in [5, 5.41) is 2.58. The Labute approximate surface area is 96.5 Å². The molecule has 1 amide bonds. The van der Waals surface area contributed by atoms with E-state index in [-0.39, 0.29) is 12.4 Å². The van der Waals surface area contributed by atoms with Gasteiger partial charge in [0.1, 0.15) is 12.2 Å². The molecule has 0 aliphatic rings. The third kappa shape index (κ3) is 9.45. The highest BCUT2D eigenvalue weighted by Crippen LogP contribution is 2.06. The summed E-state index contributed by atoms with van der Waals surface area (Å²) in [5.41, 5.74) is -0.490. The van der Waals surface area contributed by atoms with Crippen molar-refractivity contribution in [3.8, 4) is 0 Å². The molecule has 0 bridgehead atoms. The Morgan fingerprint density at radius 1 is 1.25 bits per heavy atom. The normalized spacial score (nSPS) is 11.0. The van der Waals surface area contributed by atoms with Crippen LogP contribution in [0.3, 0.4) is 0 Å². The monoisotopic (exact) mass is 231 g/mol. The summed E-state index contributed by atoms with van der Waals surface area (Å²) < 4.78 is 9.72. The van der Waals surface area contributed by atoms with Crippen molar-refractivity contribution in [1.29, 1.82) is 0 Å². The molecule has 0 rings (SSSR count). The summed E-state index contributed by atoms with van der Waals surface area (Å²) in [6, 6.07) is 0. The number of carbonyl (C=O) groups is 2. The van der Waals surface area contributed by atoms with Crippen molar-refractivity contribution in [3.63, 3.8) is 0 Å². The van der Waals surface area contributed by atoms with Gasteiger partial charge in [-0.1, -0.05) is 0 Å². The molecule has 0 atom stereocenters. The number of amides is 1. The van der Waals surface area contributed by atoms with Crippen LogP contribution in [0.4, 0.5) is 4.79 Å². The number of nitrogens with one attached hydrogen (secondary N) is 1. The van der Waals surface area contributed by atoms with Crippen LogP contribution in [0, 0.1) is 0 Å². The zero-order valence-corrected chi connectivity index (χ0v) is 10.5. The van der Waals surface area contributed by atoms with Gasteiger partial charge in [0.25, 0.3) is 0 Å². The third-order valence-electron chi connectivity index (χ3n) is 1.61. The summed E-state index contributed by atoms with van der Waals surface area (Å²) in [4.78, 5) is 22.2. The summed E-state index contributed by atoms with van der Waals surface area (Å²) in [6.07, 6.45) is 0.553. The lowest BCUT2D eigenvalue weighted by molar-refractivity contribution is -0.122. The fraction of sp³-hybridized carbons (Fsp3) is 0.818. The summed E-state index contributed by atoms with van der Waals surface area (Å²) in [6.45, 7) is 5.97. The molecule has 0 aromatic rings. The average molecular weight is 231 g/mol. The smallest absolute Gasteiger partial charge is 0.407 e. The molecule has 94 valence electrons. The lowest BCUT2D eigenvalue weighted by Crippen LogP contribution is -2.33. The standard InChI is InChI=1S/C11H21NO4/c1-11(2,3)16-10(14)12-7-5-6-9(13)8-15-4/h5-8H2,1-4H3,(H,12,14). The Morgan fingerprint density at radius 2 is 1.88 bits per heavy atom. The van der Waals surface area contributed by atoms with Crippen molar-refractivity contribution in [2.75, 3.05) is 20.3 Å². The molecule has 0 spiro atoms. The Hall–Kier alpha value is -1.10. The van der Waals surface area contributed by atoms with Gasteiger partial charge in [0.2, 0.25) is 0 Å². The summed E-state index contributed by atoms with van der Waals surface area (Å²) in [5.74, 6) is 0.0356. The number of hydrogen-bond acceptors (Lipinski definition) is 4. The van der Waals surface area contributed by atoms with Gasteiger partial charge in [-0.2, -0.15) is 0 Å². The highest BCUT2D eigenvalue weighted by Gasteiger charge is 2.15. The molecule has 0 saturated heterocycles. The predicted molar refractivity (Wildman–Crippen MR) is 60.4 cm³/mol. The Bertz CT molecular complexity index is 233. The van der Waals surface area contributed by atoms with Crippen LogP contribution >= 0.6 is 0 Å². The summed E-state index contributed by atoms with van der Waals surface area (Å²) >= 11 is 0. The highest BCUT2D eigenvalue weighted by molar-refractivity contribution is 5.79. The molecule has 0 unspecified atom stereocenters. The van der Waals surface area contributed by atoms with E-state index in [1.807, 2.05) is 0 Å². The zero-order chi connectivity index (χ0) is 12.6. The Balaban J connectivity index is 3.52. The summed E-state index contributed by atoms with van der Waals surface area (Å²) in [7, 11) is 1.48. The third-order valence-corrected chi connectivity index (χ3v) is 1.61. The minimum atomic E-state index is -0.490. The molecule has 1 N–H and O–H groups in total. The maximum absolute atomic E-state index is 11.2. The van der Waals surface area contributed by atoms with Crippen LogP contribution in [-0.4, -0.2) is 37.7 Å². The SMILES string of the molecule is COCC(=O)CCCNC(=O)OC(C)(C)C. The van der Waals surface area contributed by atoms with Crippen LogP contribution in [0.1, 0.15) is 33.6 Å². The zero-order valence-electron chi connectivity index (χ0n) is 10.5. The van der Waals surface area contributed by atoms with E-state index in [1.165, 1.54) is 7.11 Å². The van der Waals surface area contributed by atoms with Gasteiger partial charge in [-0.25, -0.2) is 4.79 Å². The molecular formula is C11H21NO4. The highest BCUT2D eigenvalue weighted by atomic mass is 16.6. The quantitative estimate of drug-likeness (QED) is 0.704. The molecule has 0 aromatic carbocycles. The maximum atomic E-state index is 11.2. The Morgan fingerprint density at radius 3 is 2.38 bits per heavy atom. The number of rotatable bonds is 6. The average Bonchev–Trinajstić information content (AvgIpc) is 2.10. The van der Waals surface area contributed by atoms with Crippen LogP contribution in [0.5, 0.6) is 0 Å². The van der Waals surface area contributed by atoms with E-state index >= 15 is 0 Å². The molecule has 0 aliphatic carbocycles. The van der Waals surface area contributed by atoms with E-state index in [2.05, 4.69) is 10.1 Å². The van der Waals surface area contributed by atoms with Crippen LogP contribution < -0.4 is 5.32 Å². The Kier molecular flexibility index (Phi) is 6.72. The second-order valence-corrected chi connectivity index (χ2v) is 4.50. The molecule has 5 heteroatoms. The van der Waals surface area contributed by atoms with Crippen LogP contribution in [0.2, 0.25) is 0 Å². The van der Waals surface area contributed by atoms with Crippen molar-refractivity contribution >= 4 is 11.9 Å². The van der Waals surface area contributed by atoms with Gasteiger partial charge < -0.3 is 14.8 Å². The van der Waals surface area contributed by atoms with E-state index in [1.54, 1.807) is 20.8 Å². The molecule has 0 saturated carbocycles. The second-order valence-electron chi connectivity index (χ2n) is 4.50. The number of alkyl carbamates (subject to hydrolysis) is 1. The number of hydrogen-bond donors (Lipinski definition) is 1. The lowest BCUT2D eigenvalue weighted by Gasteiger charge is -2.19. The van der Waals surface area contributed by atoms with Gasteiger partial charge >= 0.3 is 6.09 Å². The van der Waals surface area contributed by atoms with E-state index in [4.69, 9.17) is 4.74 Å². The lowest BCUT2D eigenvalue weighted by atomic mass is 10.2. The van der Waals surface area contributed by atoms with Crippen molar-refractivity contribution < 1.29 is 19.1 Å². The topological polar surface area (TPSA) is 64.6 Å². The van der Waals surface area contributed by atoms with E-state index in [9.17, 15) is 9.59 Å². The molecule has 5 nitrogen and oxygen atoms in total. The minimum Gasteiger partial charge on any atom is -0.444 e. The van der Waals surface area contributed by atoms with Gasteiger partial charge in [0, 0.05) is 20.1 Å². The first kappa shape index (κ1) is 14.9. The van der Waals surface area contributed by atoms with Gasteiger partial charge in [-0.15, -0.1) is 0 Å². The fourth-order valence-corrected chi connectivity index (χ4v) is 1.02. The van der Waals surface area contributed by atoms with E-state index < -0.39 is 11.7 Å². The molecule has 0 heterocycles. The van der Waals surface area contributed by atoms with Gasteiger partial charge in [0.05, 0.1) is 0 Å². The molecular weight excluding hydrogens is 210 g/mol. The first-order valence-electron chi connectivity index (χ1n) is 5.32. The van der Waals surface area contributed by atoms with Crippen LogP contribution in [0.25, 0.3) is 0 Å². The van der Waals surface area contributed by atoms with Gasteiger partial charge in [0.15, 0.2) is 5.78 Å². The predicted octanol–water partition coefficient (Wildman–Crippen LogP) is 1.51. The number of carbonyl (C=O) groups excluding carboxylic acids is 2. The molecule has 0 aliphatic heterocycles. The fourth-order valence-electron chi connectivity index (χ4n) is 1.02. The largest absolute Gasteiger partial charge is 0.444 e. The maximum Gasteiger partial charge on any atom is 0.407 e. The number of ketones is 1. The first-order valence-corrected chi connectivity index (χ1v) is 5.32. The minimum absolute atomic E-state index is 0.0356. The molecule has 0 fully saturated rings. The number of ether oxygens (including phenoxy) is 2. The van der Waals surface area contributed by atoms with E-state index in [0.29, 0.717) is 19.4 Å². The van der Waals surface area contributed by atoms with Crippen molar-refractivity contribution in [1.82, 2.24) is 5.32 Å². The molecule has 16 heavy (non-hydrogen) atoms. The van der Waals surface area contributed by atoms with Crippen molar-refractivity contribution in [2.45, 2.75) is 39.2 Å². The molecule has 0 aromatic heterocycles. The first-order chi connectivity index (χ1) is 7.35. The van der Waals surface area contributed by atoms with Crippen molar-refractivity contribution in [3.05, 3.63) is 0 Å². The number of Topliss-reactive ketones (excluding diaryl/α,β-unsaturated/α-hetero) is 1.